The van der Waals surface area contributed by atoms with Crippen molar-refractivity contribution in [3.05, 3.63) is 29.3 Å². The average molecular weight is 330 g/mol. The van der Waals surface area contributed by atoms with Gasteiger partial charge in [0.05, 0.1) is 6.61 Å². The molecule has 3 rings (SSSR count). The lowest BCUT2D eigenvalue weighted by molar-refractivity contribution is -0.131. The van der Waals surface area contributed by atoms with E-state index < -0.39 is 0 Å². The number of carbonyl (C=O) groups is 1. The van der Waals surface area contributed by atoms with Gasteiger partial charge in [0, 0.05) is 26.1 Å². The molecule has 1 aromatic carbocycles. The third-order valence-electron chi connectivity index (χ3n) is 5.18. The SMILES string of the molecule is CCC(=O)N1CCc2cc(OCCCN3CCCCC3)ccc2C1. The molecule has 0 unspecified atom stereocenters. The van der Waals surface area contributed by atoms with Crippen molar-refractivity contribution in [3.63, 3.8) is 0 Å². The fourth-order valence-electron chi connectivity index (χ4n) is 3.72. The van der Waals surface area contributed by atoms with Crippen LogP contribution in [0.3, 0.4) is 0 Å². The van der Waals surface area contributed by atoms with Gasteiger partial charge in [0.25, 0.3) is 0 Å². The molecule has 0 N–H and O–H groups in total. The number of hydrogen-bond donors (Lipinski definition) is 0. The summed E-state index contributed by atoms with van der Waals surface area (Å²) in [6.45, 7) is 7.96. The fraction of sp³-hybridized carbons (Fsp3) is 0.650. The van der Waals surface area contributed by atoms with Gasteiger partial charge in [0.15, 0.2) is 0 Å². The minimum absolute atomic E-state index is 0.249. The molecule has 2 aliphatic heterocycles. The Bertz CT molecular complexity index is 553. The van der Waals surface area contributed by atoms with Crippen LogP contribution in [0.2, 0.25) is 0 Å². The number of amides is 1. The van der Waals surface area contributed by atoms with Crippen LogP contribution in [0.1, 0.15) is 50.2 Å². The van der Waals surface area contributed by atoms with Gasteiger partial charge >= 0.3 is 0 Å². The maximum atomic E-state index is 11.8. The molecule has 0 atom stereocenters. The predicted octanol–water partition coefficient (Wildman–Crippen LogP) is 3.24. The maximum Gasteiger partial charge on any atom is 0.222 e. The first-order valence-corrected chi connectivity index (χ1v) is 9.51. The van der Waals surface area contributed by atoms with Crippen LogP contribution in [0, 0.1) is 0 Å². The Hall–Kier alpha value is -1.55. The summed E-state index contributed by atoms with van der Waals surface area (Å²) in [4.78, 5) is 16.4. The van der Waals surface area contributed by atoms with E-state index in [9.17, 15) is 4.79 Å². The molecule has 1 amide bonds. The molecule has 2 aliphatic rings. The van der Waals surface area contributed by atoms with Gasteiger partial charge in [-0.25, -0.2) is 0 Å². The molecule has 0 aliphatic carbocycles. The zero-order valence-corrected chi connectivity index (χ0v) is 14.9. The van der Waals surface area contributed by atoms with E-state index in [0.717, 1.165) is 44.8 Å². The smallest absolute Gasteiger partial charge is 0.222 e. The van der Waals surface area contributed by atoms with Crippen LogP contribution in [0.15, 0.2) is 18.2 Å². The quantitative estimate of drug-likeness (QED) is 0.751. The number of nitrogens with zero attached hydrogens (tertiary/aromatic N) is 2. The standard InChI is InChI=1S/C20H30N2O2/c1-2-20(23)22-13-9-17-15-19(8-7-18(17)16-22)24-14-6-12-21-10-4-3-5-11-21/h7-8,15H,2-6,9-14,16H2,1H3. The maximum absolute atomic E-state index is 11.8. The topological polar surface area (TPSA) is 32.8 Å². The van der Waals surface area contributed by atoms with Crippen LogP contribution in [0.4, 0.5) is 0 Å². The van der Waals surface area contributed by atoms with E-state index >= 15 is 0 Å². The summed E-state index contributed by atoms with van der Waals surface area (Å²) in [7, 11) is 0. The van der Waals surface area contributed by atoms with E-state index in [4.69, 9.17) is 4.74 Å². The van der Waals surface area contributed by atoms with E-state index in [0.29, 0.717) is 6.42 Å². The first-order chi connectivity index (χ1) is 11.8. The van der Waals surface area contributed by atoms with Crippen molar-refractivity contribution in [1.29, 1.82) is 0 Å². The van der Waals surface area contributed by atoms with E-state index in [2.05, 4.69) is 23.1 Å². The summed E-state index contributed by atoms with van der Waals surface area (Å²) in [5.74, 6) is 1.22. The van der Waals surface area contributed by atoms with E-state index in [-0.39, 0.29) is 5.91 Å². The number of carbonyl (C=O) groups excluding carboxylic acids is 1. The summed E-state index contributed by atoms with van der Waals surface area (Å²) in [5.41, 5.74) is 2.60. The summed E-state index contributed by atoms with van der Waals surface area (Å²) >= 11 is 0. The third-order valence-corrected chi connectivity index (χ3v) is 5.18. The van der Waals surface area contributed by atoms with Crippen LogP contribution in [-0.2, 0) is 17.8 Å². The Morgan fingerprint density at radius 2 is 1.96 bits per heavy atom. The largest absolute Gasteiger partial charge is 0.494 e. The molecule has 132 valence electrons. The molecule has 1 saturated heterocycles. The zero-order valence-electron chi connectivity index (χ0n) is 14.9. The molecule has 4 heteroatoms. The van der Waals surface area contributed by atoms with Crippen LogP contribution in [-0.4, -0.2) is 48.5 Å². The first kappa shape index (κ1) is 17.3. The number of benzene rings is 1. The highest BCUT2D eigenvalue weighted by Crippen LogP contribution is 2.24. The number of rotatable bonds is 6. The Kier molecular flexibility index (Phi) is 6.13. The fourth-order valence-corrected chi connectivity index (χ4v) is 3.72. The van der Waals surface area contributed by atoms with Gasteiger partial charge in [-0.2, -0.15) is 0 Å². The lowest BCUT2D eigenvalue weighted by atomic mass is 9.99. The van der Waals surface area contributed by atoms with Crippen molar-refractivity contribution in [1.82, 2.24) is 9.80 Å². The highest BCUT2D eigenvalue weighted by molar-refractivity contribution is 5.76. The molecule has 2 heterocycles. The van der Waals surface area contributed by atoms with Gasteiger partial charge in [-0.05, 0) is 62.0 Å². The van der Waals surface area contributed by atoms with E-state index in [1.807, 2.05) is 11.8 Å². The molecule has 0 bridgehead atoms. The summed E-state index contributed by atoms with van der Waals surface area (Å²) in [5, 5.41) is 0. The highest BCUT2D eigenvalue weighted by atomic mass is 16.5. The van der Waals surface area contributed by atoms with Crippen molar-refractivity contribution in [3.8, 4) is 5.75 Å². The minimum Gasteiger partial charge on any atom is -0.494 e. The monoisotopic (exact) mass is 330 g/mol. The Balaban J connectivity index is 1.45. The van der Waals surface area contributed by atoms with Gasteiger partial charge in [-0.1, -0.05) is 19.4 Å². The normalized spacial score (nSPS) is 18.3. The highest BCUT2D eigenvalue weighted by Gasteiger charge is 2.19. The molecular weight excluding hydrogens is 300 g/mol. The first-order valence-electron chi connectivity index (χ1n) is 9.51. The third kappa shape index (κ3) is 4.50. The summed E-state index contributed by atoms with van der Waals surface area (Å²) < 4.78 is 5.95. The van der Waals surface area contributed by atoms with Crippen molar-refractivity contribution in [2.45, 2.75) is 52.0 Å². The molecule has 1 fully saturated rings. The van der Waals surface area contributed by atoms with Crippen LogP contribution in [0.5, 0.6) is 5.75 Å². The molecule has 0 radical (unpaired) electrons. The second-order valence-electron chi connectivity index (χ2n) is 6.95. The molecule has 0 saturated carbocycles. The van der Waals surface area contributed by atoms with Gasteiger partial charge in [0.1, 0.15) is 5.75 Å². The van der Waals surface area contributed by atoms with E-state index in [1.165, 1.54) is 43.5 Å². The van der Waals surface area contributed by atoms with Gasteiger partial charge in [-0.3, -0.25) is 4.79 Å². The van der Waals surface area contributed by atoms with E-state index in [1.54, 1.807) is 0 Å². The Morgan fingerprint density at radius 1 is 1.12 bits per heavy atom. The average Bonchev–Trinajstić information content (AvgIpc) is 2.65. The van der Waals surface area contributed by atoms with Gasteiger partial charge in [0.2, 0.25) is 5.91 Å². The second kappa shape index (κ2) is 8.52. The number of piperidine rings is 1. The minimum atomic E-state index is 0.249. The molecule has 0 spiro atoms. The zero-order chi connectivity index (χ0) is 16.8. The lowest BCUT2D eigenvalue weighted by Crippen LogP contribution is -2.35. The lowest BCUT2D eigenvalue weighted by Gasteiger charge is -2.29. The Morgan fingerprint density at radius 3 is 2.75 bits per heavy atom. The van der Waals surface area contributed by atoms with Crippen molar-refractivity contribution >= 4 is 5.91 Å². The van der Waals surface area contributed by atoms with Crippen molar-refractivity contribution < 1.29 is 9.53 Å². The van der Waals surface area contributed by atoms with Crippen molar-refractivity contribution in [2.24, 2.45) is 0 Å². The van der Waals surface area contributed by atoms with Crippen LogP contribution in [0.25, 0.3) is 0 Å². The van der Waals surface area contributed by atoms with Crippen LogP contribution < -0.4 is 4.74 Å². The second-order valence-corrected chi connectivity index (χ2v) is 6.95. The number of likely N-dealkylation sites (tertiary alicyclic amines) is 1. The molecular formula is C20H30N2O2. The van der Waals surface area contributed by atoms with Gasteiger partial charge in [-0.15, -0.1) is 0 Å². The summed E-state index contributed by atoms with van der Waals surface area (Å²) in [6, 6.07) is 6.36. The molecule has 4 nitrogen and oxygen atoms in total. The number of ether oxygens (including phenoxy) is 1. The number of hydrogen-bond acceptors (Lipinski definition) is 3. The number of fused-ring (bicyclic) bond motifs is 1. The summed E-state index contributed by atoms with van der Waals surface area (Å²) in [6.07, 6.45) is 6.71. The predicted molar refractivity (Wildman–Crippen MR) is 96.3 cm³/mol. The molecule has 1 aromatic rings. The molecule has 24 heavy (non-hydrogen) atoms. The van der Waals surface area contributed by atoms with Crippen LogP contribution >= 0.6 is 0 Å². The van der Waals surface area contributed by atoms with Crippen molar-refractivity contribution in [2.75, 3.05) is 32.8 Å². The Labute approximate surface area is 145 Å². The van der Waals surface area contributed by atoms with Gasteiger partial charge < -0.3 is 14.5 Å². The molecule has 0 aromatic heterocycles.